The summed E-state index contributed by atoms with van der Waals surface area (Å²) in [5.41, 5.74) is 0.172. The van der Waals surface area contributed by atoms with Gasteiger partial charge in [0.2, 0.25) is 0 Å². The predicted octanol–water partition coefficient (Wildman–Crippen LogP) is 5.04. The number of hydrogen-bond donors (Lipinski definition) is 2. The molecule has 0 aromatic heterocycles. The molecule has 0 spiro atoms. The molecule has 11 heteroatoms. The van der Waals surface area contributed by atoms with Gasteiger partial charge in [-0.1, -0.05) is 41.9 Å². The SMILES string of the molecule is COc1cc([C@@H](C)N(CCO[C@@H](C)c2ccccc2)C(=O)NC2(C(=O)O)CC(OC)C2)c(Cl)c(OC)c1C(C)=O. The third kappa shape index (κ3) is 6.51. The van der Waals surface area contributed by atoms with Gasteiger partial charge in [-0.2, -0.15) is 0 Å². The van der Waals surface area contributed by atoms with E-state index < -0.39 is 23.6 Å². The largest absolute Gasteiger partial charge is 0.496 e. The molecule has 1 saturated carbocycles. The third-order valence-electron chi connectivity index (χ3n) is 7.38. The van der Waals surface area contributed by atoms with Crippen LogP contribution in [0.2, 0.25) is 5.02 Å². The minimum absolute atomic E-state index is 0.114. The summed E-state index contributed by atoms with van der Waals surface area (Å²) in [7, 11) is 4.32. The molecule has 1 fully saturated rings. The van der Waals surface area contributed by atoms with Crippen LogP contribution in [0.5, 0.6) is 11.5 Å². The molecule has 0 heterocycles. The molecule has 218 valence electrons. The van der Waals surface area contributed by atoms with Gasteiger partial charge in [-0.3, -0.25) is 4.79 Å². The van der Waals surface area contributed by atoms with Crippen molar-refractivity contribution in [1.82, 2.24) is 10.2 Å². The summed E-state index contributed by atoms with van der Waals surface area (Å²) in [6.45, 7) is 5.31. The average molecular weight is 577 g/mol. The number of aliphatic carboxylic acids is 1. The number of carboxylic acid groups (broad SMARTS) is 1. The second kappa shape index (κ2) is 13.3. The maximum atomic E-state index is 13.7. The standard InChI is InChI=1S/C29H37ClN2O8/c1-17(22-14-23(38-5)24(18(2)33)26(39-6)25(22)30)32(12-13-40-19(3)20-10-8-7-9-11-20)28(36)31-29(27(34)35)15-21(16-29)37-4/h7-11,14,17,19,21H,12-13,15-16H2,1-6H3,(H,31,36)(H,34,35)/t17-,19+,21?,29?/m1/s1. The molecule has 2 atom stereocenters. The highest BCUT2D eigenvalue weighted by Gasteiger charge is 2.52. The van der Waals surface area contributed by atoms with E-state index in [2.05, 4.69) is 5.32 Å². The Morgan fingerprint density at radius 3 is 2.30 bits per heavy atom. The molecule has 0 unspecified atom stereocenters. The van der Waals surface area contributed by atoms with Gasteiger partial charge in [-0.15, -0.1) is 0 Å². The first-order chi connectivity index (χ1) is 19.0. The van der Waals surface area contributed by atoms with E-state index >= 15 is 0 Å². The fourth-order valence-electron chi connectivity index (χ4n) is 4.90. The van der Waals surface area contributed by atoms with E-state index in [0.29, 0.717) is 5.56 Å². The summed E-state index contributed by atoms with van der Waals surface area (Å²) in [6.07, 6.45) is -0.215. The molecule has 2 amide bonds. The van der Waals surface area contributed by atoms with Gasteiger partial charge in [0, 0.05) is 32.1 Å². The lowest BCUT2D eigenvalue weighted by atomic mass is 9.74. The van der Waals surface area contributed by atoms with Crippen molar-refractivity contribution in [2.24, 2.45) is 0 Å². The van der Waals surface area contributed by atoms with E-state index in [1.165, 1.54) is 33.2 Å². The molecule has 2 aromatic carbocycles. The van der Waals surface area contributed by atoms with Crippen LogP contribution in [-0.4, -0.2) is 73.9 Å². The first kappa shape index (κ1) is 31.2. The lowest BCUT2D eigenvalue weighted by Gasteiger charge is -2.45. The first-order valence-corrected chi connectivity index (χ1v) is 13.3. The molecule has 2 aromatic rings. The van der Waals surface area contributed by atoms with Crippen LogP contribution >= 0.6 is 11.6 Å². The van der Waals surface area contributed by atoms with Crippen LogP contribution in [0, 0.1) is 0 Å². The fourth-order valence-corrected chi connectivity index (χ4v) is 5.28. The number of urea groups is 1. The molecular formula is C29H37ClN2O8. The van der Waals surface area contributed by atoms with Crippen LogP contribution < -0.4 is 14.8 Å². The zero-order valence-electron chi connectivity index (χ0n) is 23.7. The van der Waals surface area contributed by atoms with Crippen molar-refractivity contribution >= 4 is 29.4 Å². The second-order valence-electron chi connectivity index (χ2n) is 9.82. The van der Waals surface area contributed by atoms with Crippen molar-refractivity contribution in [2.75, 3.05) is 34.5 Å². The number of nitrogens with one attached hydrogen (secondary N) is 1. The molecular weight excluding hydrogens is 540 g/mol. The Morgan fingerprint density at radius 1 is 1.12 bits per heavy atom. The molecule has 2 N–H and O–H groups in total. The van der Waals surface area contributed by atoms with Crippen LogP contribution in [0.3, 0.4) is 0 Å². The average Bonchev–Trinajstić information content (AvgIpc) is 2.91. The minimum Gasteiger partial charge on any atom is -0.496 e. The van der Waals surface area contributed by atoms with Crippen LogP contribution in [0.25, 0.3) is 0 Å². The second-order valence-corrected chi connectivity index (χ2v) is 10.2. The molecule has 0 bridgehead atoms. The molecule has 0 saturated heterocycles. The van der Waals surface area contributed by atoms with Gasteiger partial charge >= 0.3 is 12.0 Å². The molecule has 1 aliphatic carbocycles. The van der Waals surface area contributed by atoms with Gasteiger partial charge in [-0.25, -0.2) is 9.59 Å². The maximum absolute atomic E-state index is 13.7. The van der Waals surface area contributed by atoms with E-state index in [1.54, 1.807) is 13.0 Å². The Labute approximate surface area is 239 Å². The number of carboxylic acids is 1. The Balaban J connectivity index is 1.94. The highest BCUT2D eigenvalue weighted by atomic mass is 35.5. The summed E-state index contributed by atoms with van der Waals surface area (Å²) in [5, 5.41) is 12.8. The molecule has 3 rings (SSSR count). The number of hydrogen-bond acceptors (Lipinski definition) is 7. The number of rotatable bonds is 13. The Morgan fingerprint density at radius 2 is 1.77 bits per heavy atom. The molecule has 0 radical (unpaired) electrons. The zero-order chi connectivity index (χ0) is 29.6. The smallest absolute Gasteiger partial charge is 0.329 e. The number of benzene rings is 2. The summed E-state index contributed by atoms with van der Waals surface area (Å²) in [5.74, 6) is -1.06. The minimum atomic E-state index is -1.45. The van der Waals surface area contributed by atoms with Gasteiger partial charge in [-0.05, 0) is 32.4 Å². The summed E-state index contributed by atoms with van der Waals surface area (Å²) < 4.78 is 22.2. The van der Waals surface area contributed by atoms with E-state index in [4.69, 9.17) is 30.5 Å². The maximum Gasteiger partial charge on any atom is 0.329 e. The van der Waals surface area contributed by atoms with Gasteiger partial charge in [0.15, 0.2) is 11.5 Å². The van der Waals surface area contributed by atoms with Gasteiger partial charge < -0.3 is 34.3 Å². The number of carbonyl (C=O) groups excluding carboxylic acids is 2. The van der Waals surface area contributed by atoms with Crippen molar-refractivity contribution in [2.45, 2.75) is 57.4 Å². The van der Waals surface area contributed by atoms with E-state index in [9.17, 15) is 19.5 Å². The zero-order valence-corrected chi connectivity index (χ0v) is 24.4. The number of Topliss-reactive ketones (excluding diaryl/α,β-unsaturated/α-hetero) is 1. The van der Waals surface area contributed by atoms with Crippen molar-refractivity contribution in [3.05, 3.63) is 58.1 Å². The van der Waals surface area contributed by atoms with Crippen LogP contribution in [-0.2, 0) is 14.3 Å². The van der Waals surface area contributed by atoms with Gasteiger partial charge in [0.25, 0.3) is 0 Å². The number of methoxy groups -OCH3 is 3. The molecule has 1 aliphatic rings. The topological polar surface area (TPSA) is 124 Å². The predicted molar refractivity (Wildman–Crippen MR) is 149 cm³/mol. The first-order valence-electron chi connectivity index (χ1n) is 13.0. The van der Waals surface area contributed by atoms with Crippen LogP contribution in [0.4, 0.5) is 4.79 Å². The Bertz CT molecular complexity index is 1220. The monoisotopic (exact) mass is 576 g/mol. The summed E-state index contributed by atoms with van der Waals surface area (Å²) in [4.78, 5) is 39.6. The lowest BCUT2D eigenvalue weighted by molar-refractivity contribution is -0.155. The third-order valence-corrected chi connectivity index (χ3v) is 7.77. The number of ether oxygens (including phenoxy) is 4. The van der Waals surface area contributed by atoms with Gasteiger partial charge in [0.05, 0.1) is 44.1 Å². The number of halogens is 1. The summed E-state index contributed by atoms with van der Waals surface area (Å²) in [6, 6.07) is 9.96. The highest BCUT2D eigenvalue weighted by Crippen LogP contribution is 2.43. The number of amides is 2. The van der Waals surface area contributed by atoms with Crippen molar-refractivity contribution < 1.29 is 38.4 Å². The van der Waals surface area contributed by atoms with Crippen molar-refractivity contribution in [3.8, 4) is 11.5 Å². The van der Waals surface area contributed by atoms with Crippen LogP contribution in [0.1, 0.15) is 67.2 Å². The number of ketones is 1. The fraction of sp³-hybridized carbons (Fsp3) is 0.483. The Kier molecular flexibility index (Phi) is 10.4. The molecule has 40 heavy (non-hydrogen) atoms. The number of nitrogens with zero attached hydrogens (tertiary/aromatic N) is 1. The summed E-state index contributed by atoms with van der Waals surface area (Å²) >= 11 is 6.72. The quantitative estimate of drug-likeness (QED) is 0.318. The van der Waals surface area contributed by atoms with Gasteiger partial charge in [0.1, 0.15) is 16.9 Å². The highest BCUT2D eigenvalue weighted by molar-refractivity contribution is 6.33. The number of carbonyl (C=O) groups is 3. The van der Waals surface area contributed by atoms with E-state index in [0.717, 1.165) is 5.56 Å². The molecule has 10 nitrogen and oxygen atoms in total. The lowest BCUT2D eigenvalue weighted by Crippen LogP contribution is -2.66. The van der Waals surface area contributed by atoms with Crippen LogP contribution in [0.15, 0.2) is 36.4 Å². The van der Waals surface area contributed by atoms with E-state index in [-0.39, 0.29) is 66.1 Å². The Hall–Kier alpha value is -3.34. The molecule has 0 aliphatic heterocycles. The van der Waals surface area contributed by atoms with Crippen molar-refractivity contribution in [1.29, 1.82) is 0 Å². The normalized spacial score (nSPS) is 19.6. The van der Waals surface area contributed by atoms with E-state index in [1.807, 2.05) is 37.3 Å². The van der Waals surface area contributed by atoms with Crippen molar-refractivity contribution in [3.63, 3.8) is 0 Å².